The predicted octanol–water partition coefficient (Wildman–Crippen LogP) is 4.92. The zero-order valence-electron chi connectivity index (χ0n) is 29.5. The monoisotopic (exact) mass is 650 g/mol. The highest BCUT2D eigenvalue weighted by atomic mass is 16.6. The van der Waals surface area contributed by atoms with Gasteiger partial charge in [-0.15, -0.1) is 0 Å². The number of cyclic esters (lactones) is 1. The third kappa shape index (κ3) is 13.9. The van der Waals surface area contributed by atoms with Crippen molar-refractivity contribution >= 4 is 12.1 Å². The highest BCUT2D eigenvalue weighted by Crippen LogP contribution is 2.37. The van der Waals surface area contributed by atoms with Crippen LogP contribution in [-0.2, 0) is 19.0 Å². The summed E-state index contributed by atoms with van der Waals surface area (Å²) in [4.78, 5) is 27.8. The van der Waals surface area contributed by atoms with Gasteiger partial charge in [-0.05, 0) is 76.7 Å². The molecule has 264 valence electrons. The van der Waals surface area contributed by atoms with Crippen LogP contribution in [0.1, 0.15) is 93.9 Å². The van der Waals surface area contributed by atoms with Crippen molar-refractivity contribution in [3.63, 3.8) is 0 Å². The van der Waals surface area contributed by atoms with Crippen LogP contribution in [0.25, 0.3) is 0 Å². The summed E-state index contributed by atoms with van der Waals surface area (Å²) < 4.78 is 17.4. The van der Waals surface area contributed by atoms with E-state index in [0.717, 1.165) is 31.6 Å². The van der Waals surface area contributed by atoms with Crippen LogP contribution in [0.4, 0.5) is 4.79 Å². The number of hydrogen-bond acceptors (Lipinski definition) is 9. The molecule has 0 radical (unpaired) electrons. The number of alkyl carbamates (subject to hydrolysis) is 1. The van der Waals surface area contributed by atoms with Crippen LogP contribution in [0.5, 0.6) is 0 Å². The van der Waals surface area contributed by atoms with E-state index in [0.29, 0.717) is 32.2 Å². The van der Waals surface area contributed by atoms with E-state index in [1.807, 2.05) is 52.8 Å². The molecule has 2 rings (SSSR count). The number of ether oxygens (including phenoxy) is 3. The molecule has 0 aliphatic carbocycles. The molecule has 46 heavy (non-hydrogen) atoms. The molecule has 10 nitrogen and oxygen atoms in total. The molecular formula is C36H62N2O8. The average Bonchev–Trinajstić information content (AvgIpc) is 3.76. The van der Waals surface area contributed by atoms with Gasteiger partial charge >= 0.3 is 12.1 Å². The highest BCUT2D eigenvalue weighted by Gasteiger charge is 2.47. The number of aliphatic hydroxyl groups is 3. The topological polar surface area (TPSA) is 141 Å². The number of amides is 1. The number of carbonyl (C=O) groups excluding carboxylic acids is 2. The molecule has 10 atom stereocenters. The van der Waals surface area contributed by atoms with Crippen LogP contribution in [-0.4, -0.2) is 101 Å². The molecule has 0 aromatic rings. The van der Waals surface area contributed by atoms with Crippen molar-refractivity contribution in [1.29, 1.82) is 0 Å². The summed E-state index contributed by atoms with van der Waals surface area (Å²) >= 11 is 0. The van der Waals surface area contributed by atoms with Crippen LogP contribution >= 0.6 is 0 Å². The second-order valence-corrected chi connectivity index (χ2v) is 13.5. The molecule has 10 unspecified atom stereocenters. The van der Waals surface area contributed by atoms with Crippen molar-refractivity contribution in [3.05, 3.63) is 36.0 Å². The molecular weight excluding hydrogens is 588 g/mol. The molecule has 10 heteroatoms. The number of hydrogen-bond donors (Lipinski definition) is 4. The predicted molar refractivity (Wildman–Crippen MR) is 180 cm³/mol. The second kappa shape index (κ2) is 19.5. The highest BCUT2D eigenvalue weighted by molar-refractivity contribution is 5.70. The zero-order chi connectivity index (χ0) is 34.4. The summed E-state index contributed by atoms with van der Waals surface area (Å²) in [5.74, 6) is -0.802. The van der Waals surface area contributed by atoms with Crippen molar-refractivity contribution in [2.75, 3.05) is 26.2 Å². The summed E-state index contributed by atoms with van der Waals surface area (Å²) in [6, 6.07) is 0. The lowest BCUT2D eigenvalue weighted by Gasteiger charge is -2.27. The van der Waals surface area contributed by atoms with Gasteiger partial charge in [-0.2, -0.15) is 0 Å². The maximum Gasteiger partial charge on any atom is 0.407 e. The zero-order valence-corrected chi connectivity index (χ0v) is 29.5. The van der Waals surface area contributed by atoms with E-state index in [1.54, 1.807) is 19.1 Å². The van der Waals surface area contributed by atoms with Crippen molar-refractivity contribution in [2.24, 2.45) is 17.8 Å². The maximum atomic E-state index is 12.8. The minimum absolute atomic E-state index is 0.00530. The van der Waals surface area contributed by atoms with Gasteiger partial charge in [-0.25, -0.2) is 4.79 Å². The van der Waals surface area contributed by atoms with Gasteiger partial charge in [0.2, 0.25) is 0 Å². The molecule has 0 spiro atoms. The fraction of sp³-hybridized carbons (Fsp3) is 0.778. The van der Waals surface area contributed by atoms with E-state index < -0.39 is 42.1 Å². The average molecular weight is 651 g/mol. The quantitative estimate of drug-likeness (QED) is 0.0639. The minimum Gasteiger partial charge on any atom is -0.457 e. The molecule has 0 bridgehead atoms. The summed E-state index contributed by atoms with van der Waals surface area (Å²) in [5.41, 5.74) is -0.362. The number of nitrogens with zero attached hydrogens (tertiary/aromatic N) is 1. The van der Waals surface area contributed by atoms with Gasteiger partial charge in [0, 0.05) is 24.8 Å². The number of epoxide rings is 1. The van der Waals surface area contributed by atoms with Gasteiger partial charge in [-0.3, -0.25) is 4.79 Å². The molecule has 2 aliphatic rings. The Hall–Kier alpha value is -2.24. The normalized spacial score (nSPS) is 31.3. The van der Waals surface area contributed by atoms with E-state index >= 15 is 0 Å². The van der Waals surface area contributed by atoms with Gasteiger partial charge in [0.1, 0.15) is 12.2 Å². The van der Waals surface area contributed by atoms with Gasteiger partial charge in [0.05, 0.1) is 36.4 Å². The number of allylic oxidation sites excluding steroid dienone is 2. The smallest absolute Gasteiger partial charge is 0.407 e. The number of aliphatic hydroxyl groups excluding tert-OH is 2. The Morgan fingerprint density at radius 2 is 1.91 bits per heavy atom. The SMILES string of the molecule is CCC(O)C(C)C1OC1CC(C)(O)/C=C/C=C(\C)C1OC(=O)CC(O)CCC(C)C(OC(=O)NCCCN(CC)CC)/C=C/C1C. The molecule has 0 saturated carbocycles. The number of esters is 1. The first-order valence-corrected chi connectivity index (χ1v) is 17.4. The first kappa shape index (κ1) is 39.9. The molecule has 4 N–H and O–H groups in total. The first-order valence-electron chi connectivity index (χ1n) is 17.4. The van der Waals surface area contributed by atoms with E-state index in [1.165, 1.54) is 0 Å². The summed E-state index contributed by atoms with van der Waals surface area (Å²) in [6.45, 7) is 19.0. The van der Waals surface area contributed by atoms with Crippen LogP contribution < -0.4 is 5.32 Å². The summed E-state index contributed by atoms with van der Waals surface area (Å²) in [7, 11) is 0. The van der Waals surface area contributed by atoms with E-state index in [9.17, 15) is 24.9 Å². The maximum absolute atomic E-state index is 12.8. The van der Waals surface area contributed by atoms with Gasteiger partial charge < -0.3 is 39.7 Å². The van der Waals surface area contributed by atoms with E-state index in [-0.39, 0.29) is 36.4 Å². The Morgan fingerprint density at radius 1 is 1.22 bits per heavy atom. The molecule has 1 amide bonds. The lowest BCUT2D eigenvalue weighted by Crippen LogP contribution is -2.34. The molecule has 2 aliphatic heterocycles. The summed E-state index contributed by atoms with van der Waals surface area (Å²) in [5, 5.41) is 34.5. The number of carbonyl (C=O) groups is 2. The Balaban J connectivity index is 2.10. The van der Waals surface area contributed by atoms with Crippen LogP contribution in [0.2, 0.25) is 0 Å². The Bertz CT molecular complexity index is 1020. The second-order valence-electron chi connectivity index (χ2n) is 13.5. The minimum atomic E-state index is -1.13. The molecule has 1 fully saturated rings. The van der Waals surface area contributed by atoms with Crippen LogP contribution in [0.15, 0.2) is 36.0 Å². The fourth-order valence-corrected chi connectivity index (χ4v) is 6.00. The van der Waals surface area contributed by atoms with Crippen molar-refractivity contribution < 1.29 is 39.1 Å². The largest absolute Gasteiger partial charge is 0.457 e. The van der Waals surface area contributed by atoms with E-state index in [2.05, 4.69) is 24.1 Å². The molecule has 0 aromatic carbocycles. The third-order valence-corrected chi connectivity index (χ3v) is 9.36. The van der Waals surface area contributed by atoms with Crippen molar-refractivity contribution in [2.45, 2.75) is 136 Å². The Kier molecular flexibility index (Phi) is 17.0. The van der Waals surface area contributed by atoms with Crippen molar-refractivity contribution in [3.8, 4) is 0 Å². The van der Waals surface area contributed by atoms with Gasteiger partial charge in [0.15, 0.2) is 0 Å². The third-order valence-electron chi connectivity index (χ3n) is 9.36. The standard InChI is InChI=1S/C36H62N2O8/c1-9-29(40)27(7)34-31(44-34)23-36(8,43)19-12-14-25(5)33-26(6)16-18-30(24(4)15-17-28(39)22-32(41)46-33)45-35(42)37-20-13-21-38(10-2)11-3/h12,14,16,18-19,24,26-31,33-34,39-40,43H,9-11,13,15,17,20-23H2,1-8H3,(H,37,42)/b18-16+,19-12+,25-14+. The van der Waals surface area contributed by atoms with Gasteiger partial charge in [0.25, 0.3) is 0 Å². The Labute approximate surface area is 277 Å². The summed E-state index contributed by atoms with van der Waals surface area (Å²) in [6.07, 6.45) is 8.68. The van der Waals surface area contributed by atoms with Crippen LogP contribution in [0, 0.1) is 17.8 Å². The lowest BCUT2D eigenvalue weighted by atomic mass is 9.91. The van der Waals surface area contributed by atoms with Gasteiger partial charge in [-0.1, -0.05) is 65.8 Å². The Morgan fingerprint density at radius 3 is 2.57 bits per heavy atom. The molecule has 1 saturated heterocycles. The van der Waals surface area contributed by atoms with Crippen LogP contribution in [0.3, 0.4) is 0 Å². The molecule has 0 aromatic heterocycles. The number of rotatable bonds is 15. The molecule has 2 heterocycles. The first-order chi connectivity index (χ1) is 21.7. The van der Waals surface area contributed by atoms with Crippen molar-refractivity contribution in [1.82, 2.24) is 10.2 Å². The fourth-order valence-electron chi connectivity index (χ4n) is 6.00. The number of nitrogens with one attached hydrogen (secondary N) is 1. The lowest BCUT2D eigenvalue weighted by molar-refractivity contribution is -0.151. The van der Waals surface area contributed by atoms with E-state index in [4.69, 9.17) is 14.2 Å².